The van der Waals surface area contributed by atoms with Crippen LogP contribution in [0.2, 0.25) is 5.02 Å². The summed E-state index contributed by atoms with van der Waals surface area (Å²) in [4.78, 5) is 15.2. The van der Waals surface area contributed by atoms with Crippen LogP contribution in [0.1, 0.15) is 43.1 Å². The molecule has 2 heterocycles. The molecular weight excluding hydrogens is 454 g/mol. The van der Waals surface area contributed by atoms with Crippen molar-refractivity contribution in [2.45, 2.75) is 56.2 Å². The van der Waals surface area contributed by atoms with Crippen molar-refractivity contribution in [1.82, 2.24) is 25.0 Å². The van der Waals surface area contributed by atoms with Gasteiger partial charge in [-0.3, -0.25) is 9.69 Å². The summed E-state index contributed by atoms with van der Waals surface area (Å²) >= 11 is 7.40. The zero-order chi connectivity index (χ0) is 23.0. The number of likely N-dealkylation sites (tertiary alicyclic amines) is 1. The van der Waals surface area contributed by atoms with Crippen molar-refractivity contribution in [1.29, 1.82) is 0 Å². The number of rotatable bonds is 9. The van der Waals surface area contributed by atoms with Gasteiger partial charge < -0.3 is 9.88 Å². The lowest BCUT2D eigenvalue weighted by atomic mass is 10.1. The second kappa shape index (κ2) is 11.7. The molecule has 1 aliphatic heterocycles. The lowest BCUT2D eigenvalue weighted by molar-refractivity contribution is -0.120. The molecule has 1 aliphatic rings. The number of carbonyl (C=O) groups is 1. The molecule has 1 unspecified atom stereocenters. The van der Waals surface area contributed by atoms with E-state index in [1.165, 1.54) is 36.6 Å². The van der Waals surface area contributed by atoms with Gasteiger partial charge in [-0.05, 0) is 56.1 Å². The molecule has 0 aliphatic carbocycles. The van der Waals surface area contributed by atoms with E-state index in [9.17, 15) is 4.79 Å². The first-order chi connectivity index (χ1) is 16.1. The summed E-state index contributed by atoms with van der Waals surface area (Å²) in [6.07, 6.45) is 3.77. The third kappa shape index (κ3) is 6.82. The van der Waals surface area contributed by atoms with Gasteiger partial charge in [0.1, 0.15) is 5.82 Å². The average molecular weight is 484 g/mol. The number of hydrogen-bond donors (Lipinski definition) is 1. The largest absolute Gasteiger partial charge is 0.351 e. The second-order valence-corrected chi connectivity index (χ2v) is 10.2. The molecule has 33 heavy (non-hydrogen) atoms. The van der Waals surface area contributed by atoms with Crippen molar-refractivity contribution >= 4 is 29.3 Å². The second-order valence-electron chi connectivity index (χ2n) is 8.41. The summed E-state index contributed by atoms with van der Waals surface area (Å²) in [5, 5.41) is 13.2. The minimum absolute atomic E-state index is 0.0261. The molecule has 0 spiro atoms. The first-order valence-corrected chi connectivity index (χ1v) is 12.7. The molecule has 174 valence electrons. The molecule has 0 bridgehead atoms. The van der Waals surface area contributed by atoms with Crippen molar-refractivity contribution in [3.8, 4) is 0 Å². The molecule has 4 rings (SSSR count). The summed E-state index contributed by atoms with van der Waals surface area (Å²) in [6, 6.07) is 17.8. The molecule has 3 aromatic rings. The number of amides is 1. The minimum atomic E-state index is -0.293. The van der Waals surface area contributed by atoms with Crippen molar-refractivity contribution in [2.75, 3.05) is 13.1 Å². The Morgan fingerprint density at radius 1 is 1.00 bits per heavy atom. The van der Waals surface area contributed by atoms with Gasteiger partial charge in [-0.25, -0.2) is 0 Å². The first-order valence-electron chi connectivity index (χ1n) is 11.5. The molecule has 1 N–H and O–H groups in total. The lowest BCUT2D eigenvalue weighted by Crippen LogP contribution is -2.31. The number of carbonyl (C=O) groups excluding carboxylic acids is 1. The number of aromatic nitrogens is 3. The van der Waals surface area contributed by atoms with E-state index in [-0.39, 0.29) is 11.2 Å². The van der Waals surface area contributed by atoms with E-state index in [1.807, 2.05) is 49.4 Å². The molecule has 6 nitrogen and oxygen atoms in total. The standard InChI is InChI=1S/C25H30ClN5OS/c1-19(24(32)27-16-20-10-12-22(26)13-11-20)33-25-29-28-23(18-30-14-6-3-7-15-30)31(25)17-21-8-4-2-5-9-21/h2,4-5,8-13,19H,3,6-7,14-18H2,1H3,(H,27,32). The number of thioether (sulfide) groups is 1. The molecule has 0 saturated carbocycles. The Balaban J connectivity index is 1.44. The number of nitrogens with one attached hydrogen (secondary N) is 1. The van der Waals surface area contributed by atoms with Gasteiger partial charge in [0.2, 0.25) is 5.91 Å². The average Bonchev–Trinajstić information content (AvgIpc) is 3.20. The minimum Gasteiger partial charge on any atom is -0.351 e. The number of halogens is 1. The van der Waals surface area contributed by atoms with Crippen LogP contribution in [-0.4, -0.2) is 43.9 Å². The van der Waals surface area contributed by atoms with E-state index in [1.54, 1.807) is 0 Å². The zero-order valence-corrected chi connectivity index (χ0v) is 20.5. The monoisotopic (exact) mass is 483 g/mol. The normalized spacial score (nSPS) is 15.3. The van der Waals surface area contributed by atoms with Crippen LogP contribution in [0.3, 0.4) is 0 Å². The summed E-state index contributed by atoms with van der Waals surface area (Å²) in [7, 11) is 0. The summed E-state index contributed by atoms with van der Waals surface area (Å²) in [5.41, 5.74) is 2.21. The highest BCUT2D eigenvalue weighted by Gasteiger charge is 2.22. The highest BCUT2D eigenvalue weighted by Crippen LogP contribution is 2.25. The van der Waals surface area contributed by atoms with Crippen LogP contribution in [-0.2, 0) is 24.4 Å². The Hall–Kier alpha value is -2.35. The van der Waals surface area contributed by atoms with Gasteiger partial charge in [0.25, 0.3) is 0 Å². The van der Waals surface area contributed by atoms with Crippen LogP contribution in [0.5, 0.6) is 0 Å². The molecule has 0 radical (unpaired) electrons. The fraction of sp³-hybridized carbons (Fsp3) is 0.400. The third-order valence-corrected chi connectivity index (χ3v) is 7.15. The van der Waals surface area contributed by atoms with Gasteiger partial charge in [0, 0.05) is 11.6 Å². The quantitative estimate of drug-likeness (QED) is 0.444. The Morgan fingerprint density at radius 3 is 2.45 bits per heavy atom. The maximum atomic E-state index is 12.8. The van der Waals surface area contributed by atoms with Gasteiger partial charge in [-0.15, -0.1) is 10.2 Å². The molecule has 1 fully saturated rings. The number of benzene rings is 2. The van der Waals surface area contributed by atoms with Gasteiger partial charge in [0.05, 0.1) is 18.3 Å². The van der Waals surface area contributed by atoms with Crippen LogP contribution in [0.25, 0.3) is 0 Å². The van der Waals surface area contributed by atoms with Gasteiger partial charge in [0.15, 0.2) is 5.16 Å². The van der Waals surface area contributed by atoms with Crippen LogP contribution in [0.4, 0.5) is 0 Å². The van der Waals surface area contributed by atoms with Gasteiger partial charge >= 0.3 is 0 Å². The molecule has 8 heteroatoms. The van der Waals surface area contributed by atoms with Crippen molar-refractivity contribution in [2.24, 2.45) is 0 Å². The van der Waals surface area contributed by atoms with Crippen LogP contribution < -0.4 is 5.32 Å². The number of hydrogen-bond acceptors (Lipinski definition) is 5. The number of piperidine rings is 1. The molecule has 1 aromatic heterocycles. The highest BCUT2D eigenvalue weighted by atomic mass is 35.5. The van der Waals surface area contributed by atoms with E-state index in [0.717, 1.165) is 36.2 Å². The fourth-order valence-electron chi connectivity index (χ4n) is 3.91. The summed E-state index contributed by atoms with van der Waals surface area (Å²) in [6.45, 7) is 6.07. The van der Waals surface area contributed by atoms with Crippen LogP contribution in [0, 0.1) is 0 Å². The Labute approximate surface area is 204 Å². The topological polar surface area (TPSA) is 63.1 Å². The molecule has 1 saturated heterocycles. The predicted molar refractivity (Wildman–Crippen MR) is 133 cm³/mol. The first kappa shape index (κ1) is 23.8. The molecule has 1 amide bonds. The summed E-state index contributed by atoms with van der Waals surface area (Å²) < 4.78 is 2.16. The van der Waals surface area contributed by atoms with E-state index < -0.39 is 0 Å². The van der Waals surface area contributed by atoms with Crippen LogP contribution in [0.15, 0.2) is 59.8 Å². The van der Waals surface area contributed by atoms with E-state index in [2.05, 4.69) is 37.1 Å². The number of nitrogens with zero attached hydrogens (tertiary/aromatic N) is 4. The van der Waals surface area contributed by atoms with Gasteiger partial charge in [-0.2, -0.15) is 0 Å². The van der Waals surface area contributed by atoms with E-state index in [4.69, 9.17) is 11.6 Å². The maximum Gasteiger partial charge on any atom is 0.233 e. The Kier molecular flexibility index (Phi) is 8.42. The lowest BCUT2D eigenvalue weighted by Gasteiger charge is -2.26. The smallest absolute Gasteiger partial charge is 0.233 e. The van der Waals surface area contributed by atoms with Gasteiger partial charge in [-0.1, -0.05) is 72.2 Å². The molecule has 1 atom stereocenters. The highest BCUT2D eigenvalue weighted by molar-refractivity contribution is 8.00. The van der Waals surface area contributed by atoms with E-state index in [0.29, 0.717) is 18.1 Å². The molecular formula is C25H30ClN5OS. The van der Waals surface area contributed by atoms with Crippen molar-refractivity contribution in [3.05, 3.63) is 76.6 Å². The fourth-order valence-corrected chi connectivity index (χ4v) is 4.93. The molecule has 2 aromatic carbocycles. The SMILES string of the molecule is CC(Sc1nnc(CN2CCCCC2)n1Cc1ccccc1)C(=O)NCc1ccc(Cl)cc1. The zero-order valence-electron chi connectivity index (χ0n) is 18.9. The Morgan fingerprint density at radius 2 is 1.73 bits per heavy atom. The predicted octanol–water partition coefficient (Wildman–Crippen LogP) is 4.76. The maximum absolute atomic E-state index is 12.8. The van der Waals surface area contributed by atoms with E-state index >= 15 is 0 Å². The van der Waals surface area contributed by atoms with Crippen LogP contribution >= 0.6 is 23.4 Å². The van der Waals surface area contributed by atoms with Crippen molar-refractivity contribution in [3.63, 3.8) is 0 Å². The Bertz CT molecular complexity index is 1030. The van der Waals surface area contributed by atoms with Crippen molar-refractivity contribution < 1.29 is 4.79 Å². The third-order valence-electron chi connectivity index (χ3n) is 5.82. The summed E-state index contributed by atoms with van der Waals surface area (Å²) in [5.74, 6) is 0.929.